The lowest BCUT2D eigenvalue weighted by Crippen LogP contribution is -2.34. The molecule has 0 aliphatic carbocycles. The van der Waals surface area contributed by atoms with Gasteiger partial charge in [0.25, 0.3) is 0 Å². The summed E-state index contributed by atoms with van der Waals surface area (Å²) in [4.78, 5) is 18.7. The number of aromatic nitrogens is 3. The van der Waals surface area contributed by atoms with E-state index < -0.39 is 0 Å². The molecule has 2 aliphatic rings. The van der Waals surface area contributed by atoms with Crippen LogP contribution in [0.15, 0.2) is 63.9 Å². The average Bonchev–Trinajstić information content (AvgIpc) is 2.93. The molecule has 2 fully saturated rings. The van der Waals surface area contributed by atoms with E-state index >= 15 is 0 Å². The largest absolute Gasteiger partial charge is 0.341 e. The molecule has 2 aliphatic heterocycles. The number of azo groups is 1. The molecule has 0 radical (unpaired) electrons. The SMILES string of the molecule is Clc1cccc(N=Nc2cccc(/C=N/Nc3nc(N4CCCCC4)nc(N4CCCCC4)n3)c2)c1. The van der Waals surface area contributed by atoms with Crippen LogP contribution < -0.4 is 15.2 Å². The summed E-state index contributed by atoms with van der Waals surface area (Å²) in [5, 5.41) is 13.6. The van der Waals surface area contributed by atoms with Gasteiger partial charge < -0.3 is 9.80 Å². The highest BCUT2D eigenvalue weighted by molar-refractivity contribution is 6.30. The van der Waals surface area contributed by atoms with Crippen molar-refractivity contribution in [3.8, 4) is 0 Å². The molecule has 2 aromatic carbocycles. The average molecular weight is 504 g/mol. The highest BCUT2D eigenvalue weighted by Crippen LogP contribution is 2.23. The molecule has 0 saturated carbocycles. The van der Waals surface area contributed by atoms with Crippen molar-refractivity contribution in [1.82, 2.24) is 15.0 Å². The zero-order valence-corrected chi connectivity index (χ0v) is 21.0. The molecule has 5 rings (SSSR count). The molecule has 2 saturated heterocycles. The Labute approximate surface area is 216 Å². The third kappa shape index (κ3) is 6.54. The second-order valence-corrected chi connectivity index (χ2v) is 9.44. The van der Waals surface area contributed by atoms with E-state index in [0.29, 0.717) is 16.7 Å². The first-order chi connectivity index (χ1) is 17.7. The molecule has 3 heterocycles. The summed E-state index contributed by atoms with van der Waals surface area (Å²) in [6.07, 6.45) is 8.89. The number of hydrazone groups is 1. The maximum atomic E-state index is 6.02. The number of nitrogens with zero attached hydrogens (tertiary/aromatic N) is 8. The molecule has 0 bridgehead atoms. The van der Waals surface area contributed by atoms with Crippen molar-refractivity contribution >= 4 is 47.0 Å². The first kappa shape index (κ1) is 24.1. The van der Waals surface area contributed by atoms with E-state index in [1.807, 2.05) is 42.5 Å². The molecule has 1 N–H and O–H groups in total. The number of hydrogen-bond acceptors (Lipinski definition) is 9. The molecule has 0 atom stereocenters. The third-order valence-electron chi connectivity index (χ3n) is 6.23. The van der Waals surface area contributed by atoms with Crippen LogP contribution >= 0.6 is 11.6 Å². The molecule has 10 heteroatoms. The zero-order valence-electron chi connectivity index (χ0n) is 20.2. The number of rotatable bonds is 7. The van der Waals surface area contributed by atoms with E-state index in [0.717, 1.165) is 75.0 Å². The van der Waals surface area contributed by atoms with E-state index in [9.17, 15) is 0 Å². The van der Waals surface area contributed by atoms with E-state index in [-0.39, 0.29) is 0 Å². The Bertz CT molecular complexity index is 1180. The second-order valence-electron chi connectivity index (χ2n) is 9.00. The fraction of sp³-hybridized carbons (Fsp3) is 0.385. The summed E-state index contributed by atoms with van der Waals surface area (Å²) < 4.78 is 0. The highest BCUT2D eigenvalue weighted by Gasteiger charge is 2.20. The number of hydrogen-bond donors (Lipinski definition) is 1. The fourth-order valence-electron chi connectivity index (χ4n) is 4.36. The number of anilines is 3. The van der Waals surface area contributed by atoms with E-state index in [1.54, 1.807) is 12.3 Å². The summed E-state index contributed by atoms with van der Waals surface area (Å²) in [5.74, 6) is 1.91. The molecule has 3 aromatic rings. The van der Waals surface area contributed by atoms with Gasteiger partial charge in [0, 0.05) is 31.2 Å². The predicted octanol–water partition coefficient (Wildman–Crippen LogP) is 6.37. The van der Waals surface area contributed by atoms with Crippen molar-refractivity contribution in [1.29, 1.82) is 0 Å². The molecule has 36 heavy (non-hydrogen) atoms. The fourth-order valence-corrected chi connectivity index (χ4v) is 4.54. The lowest BCUT2D eigenvalue weighted by atomic mass is 10.1. The van der Waals surface area contributed by atoms with Crippen molar-refractivity contribution < 1.29 is 0 Å². The minimum Gasteiger partial charge on any atom is -0.341 e. The van der Waals surface area contributed by atoms with Gasteiger partial charge in [0.05, 0.1) is 17.6 Å². The molecule has 186 valence electrons. The minimum atomic E-state index is 0.458. The van der Waals surface area contributed by atoms with Crippen LogP contribution in [0.4, 0.5) is 29.2 Å². The lowest BCUT2D eigenvalue weighted by molar-refractivity contribution is 0.556. The van der Waals surface area contributed by atoms with Crippen molar-refractivity contribution in [2.24, 2.45) is 15.3 Å². The monoisotopic (exact) mass is 503 g/mol. The van der Waals surface area contributed by atoms with Crippen molar-refractivity contribution in [3.05, 3.63) is 59.1 Å². The summed E-state index contributed by atoms with van der Waals surface area (Å²) >= 11 is 6.02. The maximum Gasteiger partial charge on any atom is 0.250 e. The second kappa shape index (κ2) is 11.9. The van der Waals surface area contributed by atoms with Gasteiger partial charge in [-0.1, -0.05) is 29.8 Å². The predicted molar refractivity (Wildman–Crippen MR) is 145 cm³/mol. The Kier molecular flexibility index (Phi) is 7.97. The lowest BCUT2D eigenvalue weighted by Gasteiger charge is -2.30. The van der Waals surface area contributed by atoms with Crippen LogP contribution in [0.5, 0.6) is 0 Å². The number of piperidine rings is 2. The maximum absolute atomic E-state index is 6.02. The highest BCUT2D eigenvalue weighted by atomic mass is 35.5. The molecular formula is C26H30ClN9. The Morgan fingerprint density at radius 2 is 1.31 bits per heavy atom. The molecule has 0 unspecified atom stereocenters. The van der Waals surface area contributed by atoms with Crippen LogP contribution in [0.2, 0.25) is 5.02 Å². The van der Waals surface area contributed by atoms with E-state index in [4.69, 9.17) is 16.6 Å². The summed E-state index contributed by atoms with van der Waals surface area (Å²) in [6.45, 7) is 3.90. The van der Waals surface area contributed by atoms with E-state index in [1.165, 1.54) is 12.8 Å². The van der Waals surface area contributed by atoms with Crippen molar-refractivity contribution in [2.75, 3.05) is 41.4 Å². The Hall–Kier alpha value is -3.59. The molecular weight excluding hydrogens is 474 g/mol. The quantitative estimate of drug-likeness (QED) is 0.229. The van der Waals surface area contributed by atoms with Crippen LogP contribution in [0.3, 0.4) is 0 Å². The number of nitrogens with one attached hydrogen (secondary N) is 1. The molecule has 1 aromatic heterocycles. The topological polar surface area (TPSA) is 94.3 Å². The Morgan fingerprint density at radius 3 is 1.92 bits per heavy atom. The van der Waals surface area contributed by atoms with Crippen molar-refractivity contribution in [2.45, 2.75) is 38.5 Å². The van der Waals surface area contributed by atoms with Crippen LogP contribution in [-0.4, -0.2) is 47.3 Å². The van der Waals surface area contributed by atoms with Gasteiger partial charge in [-0.15, -0.1) is 0 Å². The van der Waals surface area contributed by atoms with Gasteiger partial charge in [0.15, 0.2) is 0 Å². The van der Waals surface area contributed by atoms with Gasteiger partial charge in [-0.25, -0.2) is 5.43 Å². The van der Waals surface area contributed by atoms with Gasteiger partial charge in [-0.2, -0.15) is 30.3 Å². The standard InChI is InChI=1S/C26H30ClN9/c27-21-10-8-12-23(18-21)33-32-22-11-7-9-20(17-22)19-28-34-24-29-25(35-13-3-1-4-14-35)31-26(30-24)36-15-5-2-6-16-36/h7-12,17-19H,1-6,13-16H2,(H,29,30,31,34)/b28-19+,33-32?. The summed E-state index contributed by atoms with van der Waals surface area (Å²) in [7, 11) is 0. The first-order valence-electron chi connectivity index (χ1n) is 12.6. The normalized spacial score (nSPS) is 16.7. The van der Waals surface area contributed by atoms with Gasteiger partial charge in [-0.3, -0.25) is 0 Å². The number of halogens is 1. The van der Waals surface area contributed by atoms with Crippen molar-refractivity contribution in [3.63, 3.8) is 0 Å². The van der Waals surface area contributed by atoms with Gasteiger partial charge in [0.2, 0.25) is 17.8 Å². The molecule has 9 nitrogen and oxygen atoms in total. The molecule has 0 amide bonds. The van der Waals surface area contributed by atoms with Crippen LogP contribution in [-0.2, 0) is 0 Å². The third-order valence-corrected chi connectivity index (χ3v) is 6.46. The zero-order chi connectivity index (χ0) is 24.6. The van der Waals surface area contributed by atoms with Crippen LogP contribution in [0.25, 0.3) is 0 Å². The van der Waals surface area contributed by atoms with Crippen LogP contribution in [0.1, 0.15) is 44.1 Å². The summed E-state index contributed by atoms with van der Waals surface area (Å²) in [5.41, 5.74) is 5.32. The smallest absolute Gasteiger partial charge is 0.250 e. The van der Waals surface area contributed by atoms with E-state index in [2.05, 4.69) is 40.5 Å². The minimum absolute atomic E-state index is 0.458. The van der Waals surface area contributed by atoms with Crippen LogP contribution in [0, 0.1) is 0 Å². The Morgan fingerprint density at radius 1 is 0.722 bits per heavy atom. The van der Waals surface area contributed by atoms with Gasteiger partial charge in [0.1, 0.15) is 0 Å². The number of benzene rings is 2. The summed E-state index contributed by atoms with van der Waals surface area (Å²) in [6, 6.07) is 14.9. The van der Waals surface area contributed by atoms with Gasteiger partial charge in [-0.05, 0) is 74.4 Å². The van der Waals surface area contributed by atoms with Gasteiger partial charge >= 0.3 is 0 Å². The first-order valence-corrected chi connectivity index (χ1v) is 12.9. The Balaban J connectivity index is 1.30. The molecule has 0 spiro atoms.